The minimum Gasteiger partial charge on any atom is -0.453 e. The molecule has 0 radical (unpaired) electrons. The van der Waals surface area contributed by atoms with Crippen LogP contribution in [-0.2, 0) is 28.6 Å². The Hall–Kier alpha value is -3.69. The molecule has 4 rings (SSSR count). The molecule has 1 saturated heterocycles. The van der Waals surface area contributed by atoms with E-state index in [2.05, 4.69) is 0 Å². The second-order valence-corrected chi connectivity index (χ2v) is 12.4. The number of amides is 1. The summed E-state index contributed by atoms with van der Waals surface area (Å²) < 4.78 is 42.3. The maximum Gasteiger partial charge on any atom is 0.411 e. The smallest absolute Gasteiger partial charge is 0.411 e. The van der Waals surface area contributed by atoms with Gasteiger partial charge in [-0.05, 0) is 63.8 Å². The maximum absolute atomic E-state index is 13.7. The van der Waals surface area contributed by atoms with Crippen molar-refractivity contribution in [3.05, 3.63) is 102 Å². The van der Waals surface area contributed by atoms with Crippen molar-refractivity contribution < 1.29 is 31.7 Å². The fraction of sp³-hybridized carbons (Fsp3) is 0.355. The van der Waals surface area contributed by atoms with Crippen LogP contribution in [0, 0.1) is 6.92 Å². The number of aryl methyl sites for hydroxylation is 1. The number of morpholine rings is 1. The molecule has 40 heavy (non-hydrogen) atoms. The molecule has 3 aromatic carbocycles. The SMILES string of the molecule is Cc1ccc(S(=O)(=O)OCCC[C@H]2C(=O)O[C@H](c3ccccc3)[C@H](c3ccccc3)N2C(=O)OC(C)(C)C)cc1. The van der Waals surface area contributed by atoms with Crippen LogP contribution >= 0.6 is 0 Å². The first kappa shape index (κ1) is 29.3. The Morgan fingerprint density at radius 1 is 0.900 bits per heavy atom. The minimum atomic E-state index is -3.97. The lowest BCUT2D eigenvalue weighted by molar-refractivity contribution is -0.174. The molecular formula is C31H35NO7S. The number of carbonyl (C=O) groups is 2. The molecule has 1 heterocycles. The molecule has 0 spiro atoms. The summed E-state index contributed by atoms with van der Waals surface area (Å²) in [4.78, 5) is 28.7. The highest BCUT2D eigenvalue weighted by Gasteiger charge is 2.48. The van der Waals surface area contributed by atoms with Gasteiger partial charge in [0.2, 0.25) is 0 Å². The summed E-state index contributed by atoms with van der Waals surface area (Å²) in [6, 6.07) is 23.3. The highest BCUT2D eigenvalue weighted by molar-refractivity contribution is 7.86. The first-order chi connectivity index (χ1) is 19.0. The number of hydrogen-bond donors (Lipinski definition) is 0. The topological polar surface area (TPSA) is 99.2 Å². The van der Waals surface area contributed by atoms with E-state index in [4.69, 9.17) is 13.7 Å². The zero-order chi connectivity index (χ0) is 28.9. The van der Waals surface area contributed by atoms with Crippen molar-refractivity contribution in [1.29, 1.82) is 0 Å². The molecule has 0 bridgehead atoms. The van der Waals surface area contributed by atoms with E-state index in [9.17, 15) is 18.0 Å². The molecule has 9 heteroatoms. The molecule has 0 N–H and O–H groups in total. The Kier molecular flexibility index (Phi) is 8.95. The molecule has 0 aliphatic carbocycles. The highest BCUT2D eigenvalue weighted by Crippen LogP contribution is 2.43. The van der Waals surface area contributed by atoms with Crippen LogP contribution in [0.1, 0.15) is 62.4 Å². The van der Waals surface area contributed by atoms with E-state index in [-0.39, 0.29) is 24.3 Å². The molecular weight excluding hydrogens is 530 g/mol. The van der Waals surface area contributed by atoms with E-state index in [1.165, 1.54) is 17.0 Å². The maximum atomic E-state index is 13.7. The Balaban J connectivity index is 1.61. The van der Waals surface area contributed by atoms with Crippen LogP contribution in [-0.4, -0.2) is 43.6 Å². The van der Waals surface area contributed by atoms with Crippen molar-refractivity contribution in [2.45, 2.75) is 69.2 Å². The highest BCUT2D eigenvalue weighted by atomic mass is 32.2. The summed E-state index contributed by atoms with van der Waals surface area (Å²) in [7, 11) is -3.97. The molecule has 1 aliphatic heterocycles. The zero-order valence-corrected chi connectivity index (χ0v) is 24.0. The van der Waals surface area contributed by atoms with Crippen LogP contribution in [0.5, 0.6) is 0 Å². The van der Waals surface area contributed by atoms with Crippen LogP contribution in [0.3, 0.4) is 0 Å². The van der Waals surface area contributed by atoms with Gasteiger partial charge in [-0.1, -0.05) is 78.4 Å². The van der Waals surface area contributed by atoms with Crippen LogP contribution in [0.4, 0.5) is 4.79 Å². The van der Waals surface area contributed by atoms with Crippen molar-refractivity contribution in [3.8, 4) is 0 Å². The van der Waals surface area contributed by atoms with Gasteiger partial charge in [-0.25, -0.2) is 9.59 Å². The Bertz CT molecular complexity index is 1400. The van der Waals surface area contributed by atoms with E-state index in [1.54, 1.807) is 32.9 Å². The number of esters is 1. The van der Waals surface area contributed by atoms with Gasteiger partial charge in [0.1, 0.15) is 17.7 Å². The predicted molar refractivity (Wildman–Crippen MR) is 150 cm³/mol. The number of hydrogen-bond acceptors (Lipinski definition) is 7. The lowest BCUT2D eigenvalue weighted by Crippen LogP contribution is -2.55. The number of carbonyl (C=O) groups excluding carboxylic acids is 2. The van der Waals surface area contributed by atoms with Gasteiger partial charge >= 0.3 is 12.1 Å². The van der Waals surface area contributed by atoms with Crippen LogP contribution in [0.2, 0.25) is 0 Å². The molecule has 3 aromatic rings. The van der Waals surface area contributed by atoms with Gasteiger partial charge in [-0.3, -0.25) is 9.08 Å². The van der Waals surface area contributed by atoms with Crippen molar-refractivity contribution >= 4 is 22.2 Å². The summed E-state index contributed by atoms with van der Waals surface area (Å²) in [5.41, 5.74) is 1.64. The zero-order valence-electron chi connectivity index (χ0n) is 23.1. The van der Waals surface area contributed by atoms with E-state index >= 15 is 0 Å². The monoisotopic (exact) mass is 565 g/mol. The second kappa shape index (κ2) is 12.2. The van der Waals surface area contributed by atoms with Crippen molar-refractivity contribution in [1.82, 2.24) is 4.90 Å². The van der Waals surface area contributed by atoms with E-state index in [1.807, 2.05) is 67.6 Å². The van der Waals surface area contributed by atoms with Crippen LogP contribution in [0.15, 0.2) is 89.8 Å². The van der Waals surface area contributed by atoms with E-state index in [0.29, 0.717) is 0 Å². The predicted octanol–water partition coefficient (Wildman–Crippen LogP) is 6.13. The van der Waals surface area contributed by atoms with Gasteiger partial charge in [0, 0.05) is 0 Å². The average molecular weight is 566 g/mol. The van der Waals surface area contributed by atoms with Crippen molar-refractivity contribution in [3.63, 3.8) is 0 Å². The summed E-state index contributed by atoms with van der Waals surface area (Å²) >= 11 is 0. The molecule has 1 fully saturated rings. The lowest BCUT2D eigenvalue weighted by atomic mass is 9.90. The molecule has 0 unspecified atom stereocenters. The second-order valence-electron chi connectivity index (χ2n) is 10.8. The summed E-state index contributed by atoms with van der Waals surface area (Å²) in [6.07, 6.45) is -1.12. The summed E-state index contributed by atoms with van der Waals surface area (Å²) in [5.74, 6) is -0.590. The average Bonchev–Trinajstić information content (AvgIpc) is 2.91. The molecule has 212 valence electrons. The quantitative estimate of drug-likeness (QED) is 0.184. The molecule has 1 amide bonds. The first-order valence-electron chi connectivity index (χ1n) is 13.2. The van der Waals surface area contributed by atoms with Crippen molar-refractivity contribution in [2.24, 2.45) is 0 Å². The fourth-order valence-corrected chi connectivity index (χ4v) is 5.57. The third kappa shape index (κ3) is 7.08. The Labute approximate surface area is 236 Å². The number of nitrogens with zero attached hydrogens (tertiary/aromatic N) is 1. The Morgan fingerprint density at radius 3 is 2.05 bits per heavy atom. The Morgan fingerprint density at radius 2 is 1.48 bits per heavy atom. The number of benzene rings is 3. The van der Waals surface area contributed by atoms with E-state index < -0.39 is 46.0 Å². The van der Waals surface area contributed by atoms with Gasteiger partial charge in [0.15, 0.2) is 6.10 Å². The summed E-state index contributed by atoms with van der Waals surface area (Å²) in [6.45, 7) is 6.98. The van der Waals surface area contributed by atoms with E-state index in [0.717, 1.165) is 16.7 Å². The van der Waals surface area contributed by atoms with Crippen LogP contribution < -0.4 is 0 Å². The number of cyclic esters (lactones) is 1. The number of rotatable bonds is 8. The molecule has 0 saturated carbocycles. The third-order valence-electron chi connectivity index (χ3n) is 6.48. The lowest BCUT2D eigenvalue weighted by Gasteiger charge is -2.45. The van der Waals surface area contributed by atoms with Gasteiger partial charge < -0.3 is 9.47 Å². The molecule has 1 aliphatic rings. The van der Waals surface area contributed by atoms with Gasteiger partial charge in [0.05, 0.1) is 11.5 Å². The molecule has 0 aromatic heterocycles. The first-order valence-corrected chi connectivity index (χ1v) is 14.6. The molecule has 8 nitrogen and oxygen atoms in total. The third-order valence-corrected chi connectivity index (χ3v) is 7.81. The molecule has 3 atom stereocenters. The number of ether oxygens (including phenoxy) is 2. The standard InChI is InChI=1S/C31H35NO7S/c1-22-17-19-25(20-18-22)40(35,36)37-21-11-16-26-29(33)38-28(24-14-9-6-10-15-24)27(23-12-7-5-8-13-23)32(26)30(34)39-31(2,3)4/h5-10,12-15,17-20,26-28H,11,16,21H2,1-4H3/t26-,27-,28+/m0/s1. The van der Waals surface area contributed by atoms with Crippen LogP contribution in [0.25, 0.3) is 0 Å². The fourth-order valence-electron chi connectivity index (χ4n) is 4.63. The van der Waals surface area contributed by atoms with Gasteiger partial charge in [-0.15, -0.1) is 0 Å². The normalized spacial score (nSPS) is 19.6. The van der Waals surface area contributed by atoms with Gasteiger partial charge in [0.25, 0.3) is 10.1 Å². The van der Waals surface area contributed by atoms with Gasteiger partial charge in [-0.2, -0.15) is 8.42 Å². The minimum absolute atomic E-state index is 0.0559. The summed E-state index contributed by atoms with van der Waals surface area (Å²) in [5, 5.41) is 0. The largest absolute Gasteiger partial charge is 0.453 e. The van der Waals surface area contributed by atoms with Crippen molar-refractivity contribution in [2.75, 3.05) is 6.61 Å².